The molecule has 26 heavy (non-hydrogen) atoms. The van der Waals surface area contributed by atoms with Gasteiger partial charge in [-0.2, -0.15) is 13.2 Å². The minimum absolute atomic E-state index is 0.00749. The monoisotopic (exact) mass is 388 g/mol. The molecule has 6 nitrogen and oxygen atoms in total. The van der Waals surface area contributed by atoms with Crippen molar-refractivity contribution in [2.45, 2.75) is 49.7 Å². The van der Waals surface area contributed by atoms with Crippen molar-refractivity contribution in [2.24, 2.45) is 7.05 Å². The molecular formula is C16H19F3N4O2S. The van der Waals surface area contributed by atoms with Crippen molar-refractivity contribution >= 4 is 11.3 Å². The number of rotatable bonds is 1. The maximum Gasteiger partial charge on any atom is 0.425 e. The maximum atomic E-state index is 13.2. The molecule has 10 heteroatoms. The number of halogens is 3. The molecule has 2 aromatic rings. The molecule has 4 heterocycles. The van der Waals surface area contributed by atoms with Crippen LogP contribution in [0.2, 0.25) is 0 Å². The Kier molecular flexibility index (Phi) is 4.14. The summed E-state index contributed by atoms with van der Waals surface area (Å²) in [5.74, 6) is 0. The van der Waals surface area contributed by atoms with E-state index < -0.39 is 22.8 Å². The second-order valence-corrected chi connectivity index (χ2v) is 8.14. The summed E-state index contributed by atoms with van der Waals surface area (Å²) < 4.78 is 47.3. The predicted octanol–water partition coefficient (Wildman–Crippen LogP) is 2.67. The Labute approximate surface area is 152 Å². The van der Waals surface area contributed by atoms with Gasteiger partial charge in [-0.1, -0.05) is 5.21 Å². The third-order valence-electron chi connectivity index (χ3n) is 4.98. The highest BCUT2D eigenvalue weighted by atomic mass is 32.1. The quantitative estimate of drug-likeness (QED) is 0.786. The summed E-state index contributed by atoms with van der Waals surface area (Å²) in [7, 11) is 1.76. The van der Waals surface area contributed by atoms with E-state index in [0.29, 0.717) is 34.6 Å². The summed E-state index contributed by atoms with van der Waals surface area (Å²) >= 11 is 0.613. The van der Waals surface area contributed by atoms with E-state index in [0.717, 1.165) is 11.8 Å². The summed E-state index contributed by atoms with van der Waals surface area (Å²) in [6.45, 7) is 1.96. The normalized spacial score (nSPS) is 32.0. The van der Waals surface area contributed by atoms with Crippen LogP contribution < -0.4 is 5.32 Å². The zero-order valence-corrected chi connectivity index (χ0v) is 15.1. The van der Waals surface area contributed by atoms with E-state index in [4.69, 9.17) is 4.74 Å². The first kappa shape index (κ1) is 17.9. The van der Waals surface area contributed by atoms with E-state index in [1.807, 2.05) is 6.92 Å². The van der Waals surface area contributed by atoms with Crippen LogP contribution in [0.4, 0.5) is 13.2 Å². The van der Waals surface area contributed by atoms with Gasteiger partial charge >= 0.3 is 6.18 Å². The number of fused-ring (bicyclic) bond motifs is 2. The molecule has 4 rings (SSSR count). The summed E-state index contributed by atoms with van der Waals surface area (Å²) in [6.07, 6.45) is -2.72. The van der Waals surface area contributed by atoms with Crippen molar-refractivity contribution in [1.29, 1.82) is 0 Å². The molecule has 1 spiro atoms. The maximum absolute atomic E-state index is 13.2. The lowest BCUT2D eigenvalue weighted by molar-refractivity contribution is -0.136. The van der Waals surface area contributed by atoms with Gasteiger partial charge in [0.05, 0.1) is 23.9 Å². The van der Waals surface area contributed by atoms with E-state index in [1.165, 1.54) is 0 Å². The van der Waals surface area contributed by atoms with E-state index >= 15 is 0 Å². The Balaban J connectivity index is 1.76. The second kappa shape index (κ2) is 6.01. The first-order chi connectivity index (χ1) is 12.2. The lowest BCUT2D eigenvalue weighted by atomic mass is 9.76. The molecule has 4 atom stereocenters. The van der Waals surface area contributed by atoms with Gasteiger partial charge in [-0.3, -0.25) is 4.68 Å². The smallest absolute Gasteiger partial charge is 0.385 e. The molecule has 142 valence electrons. The fraction of sp³-hybridized carbons (Fsp3) is 0.625. The van der Waals surface area contributed by atoms with Gasteiger partial charge in [0.2, 0.25) is 0 Å². The molecule has 2 aromatic heterocycles. The second-order valence-electron chi connectivity index (χ2n) is 7.05. The number of alkyl halides is 3. The molecule has 2 aliphatic rings. The predicted molar refractivity (Wildman–Crippen MR) is 87.5 cm³/mol. The number of aliphatic hydroxyl groups excluding tert-OH is 1. The fourth-order valence-corrected chi connectivity index (χ4v) is 5.05. The number of piperidine rings is 1. The molecule has 0 saturated carbocycles. The average Bonchev–Trinajstić information content (AvgIpc) is 3.18. The fourth-order valence-electron chi connectivity index (χ4n) is 3.96. The Morgan fingerprint density at radius 2 is 2.19 bits per heavy atom. The first-order valence-corrected chi connectivity index (χ1v) is 9.15. The summed E-state index contributed by atoms with van der Waals surface area (Å²) in [4.78, 5) is -0.343. The van der Waals surface area contributed by atoms with Crippen LogP contribution in [-0.4, -0.2) is 32.7 Å². The topological polar surface area (TPSA) is 72.2 Å². The average molecular weight is 388 g/mol. The zero-order chi connectivity index (χ0) is 18.7. The lowest BCUT2D eigenvalue weighted by Crippen LogP contribution is -2.50. The molecule has 0 aromatic carbocycles. The molecule has 2 aliphatic heterocycles. The van der Waals surface area contributed by atoms with Gasteiger partial charge in [0.15, 0.2) is 0 Å². The molecule has 0 amide bonds. The van der Waals surface area contributed by atoms with Crippen molar-refractivity contribution in [3.63, 3.8) is 0 Å². The van der Waals surface area contributed by atoms with Gasteiger partial charge in [0.1, 0.15) is 11.0 Å². The van der Waals surface area contributed by atoms with E-state index in [1.54, 1.807) is 17.9 Å². The molecule has 1 saturated heterocycles. The molecule has 1 fully saturated rings. The van der Waals surface area contributed by atoms with Gasteiger partial charge in [-0.25, -0.2) is 0 Å². The van der Waals surface area contributed by atoms with Crippen LogP contribution in [0.3, 0.4) is 0 Å². The molecule has 0 radical (unpaired) electrons. The minimum atomic E-state index is -4.44. The molecule has 1 unspecified atom stereocenters. The molecule has 2 N–H and O–H groups in total. The third kappa shape index (κ3) is 2.94. The molecule has 0 bridgehead atoms. The van der Waals surface area contributed by atoms with Gasteiger partial charge in [0.25, 0.3) is 0 Å². The number of aliphatic hydroxyl groups is 1. The van der Waals surface area contributed by atoms with Gasteiger partial charge < -0.3 is 15.2 Å². The largest absolute Gasteiger partial charge is 0.425 e. The minimum Gasteiger partial charge on any atom is -0.385 e. The number of ether oxygens (including phenoxy) is 1. The van der Waals surface area contributed by atoms with Gasteiger partial charge in [-0.15, -0.1) is 16.4 Å². The van der Waals surface area contributed by atoms with Crippen LogP contribution in [0.1, 0.15) is 52.9 Å². The standard InChI is InChI=1S/C16H19F3N4O2S/c1-8-4-15(5-10(20-8)11-6-23(2)22-21-11)9-3-13(16(17,18)19)26-14(9)12(24)7-25-15/h3,6,8,10,12,20,24H,4-5,7H2,1-2H3/t8-,10-,12+,15?/m0/s1. The van der Waals surface area contributed by atoms with E-state index in [2.05, 4.69) is 15.6 Å². The van der Waals surface area contributed by atoms with Crippen LogP contribution in [0.15, 0.2) is 12.3 Å². The number of hydrogen-bond donors (Lipinski definition) is 2. The summed E-state index contributed by atoms with van der Waals surface area (Å²) in [5.41, 5.74) is 0.304. The Bertz CT molecular complexity index is 821. The zero-order valence-electron chi connectivity index (χ0n) is 14.2. The number of nitrogens with zero attached hydrogens (tertiary/aromatic N) is 3. The summed E-state index contributed by atoms with van der Waals surface area (Å²) in [6, 6.07) is 0.964. The van der Waals surface area contributed by atoms with Crippen molar-refractivity contribution < 1.29 is 23.0 Å². The highest BCUT2D eigenvalue weighted by Crippen LogP contribution is 2.52. The number of thiophene rings is 1. The van der Waals surface area contributed by atoms with E-state index in [9.17, 15) is 18.3 Å². The van der Waals surface area contributed by atoms with Crippen LogP contribution in [0, 0.1) is 0 Å². The van der Waals surface area contributed by atoms with Crippen molar-refractivity contribution in [1.82, 2.24) is 20.3 Å². The van der Waals surface area contributed by atoms with Gasteiger partial charge in [0, 0.05) is 36.1 Å². The molecule has 0 aliphatic carbocycles. The lowest BCUT2D eigenvalue weighted by Gasteiger charge is -2.46. The summed E-state index contributed by atoms with van der Waals surface area (Å²) in [5, 5.41) is 21.7. The Morgan fingerprint density at radius 1 is 1.42 bits per heavy atom. The van der Waals surface area contributed by atoms with Crippen LogP contribution in [0.25, 0.3) is 0 Å². The highest BCUT2D eigenvalue weighted by Gasteiger charge is 2.49. The van der Waals surface area contributed by atoms with Crippen LogP contribution >= 0.6 is 11.3 Å². The number of nitrogens with one attached hydrogen (secondary N) is 1. The number of aromatic nitrogens is 3. The number of hydrogen-bond acceptors (Lipinski definition) is 6. The van der Waals surface area contributed by atoms with Crippen molar-refractivity contribution in [2.75, 3.05) is 6.61 Å². The van der Waals surface area contributed by atoms with Crippen molar-refractivity contribution in [3.8, 4) is 0 Å². The highest BCUT2D eigenvalue weighted by molar-refractivity contribution is 7.12. The van der Waals surface area contributed by atoms with Crippen molar-refractivity contribution in [3.05, 3.63) is 33.3 Å². The first-order valence-electron chi connectivity index (χ1n) is 8.34. The SMILES string of the molecule is C[C@H]1CC2(C[C@@H](c3cn(C)nn3)N1)OC[C@@H](O)c1sc(C(F)(F)F)cc12. The van der Waals surface area contributed by atoms with Gasteiger partial charge in [-0.05, 0) is 19.4 Å². The van der Waals surface area contributed by atoms with Crippen LogP contribution in [0.5, 0.6) is 0 Å². The third-order valence-corrected chi connectivity index (χ3v) is 6.27. The Hall–Kier alpha value is -1.49. The van der Waals surface area contributed by atoms with E-state index in [-0.39, 0.29) is 18.7 Å². The Morgan fingerprint density at radius 3 is 2.85 bits per heavy atom. The number of aryl methyl sites for hydroxylation is 1. The van der Waals surface area contributed by atoms with Crippen LogP contribution in [-0.2, 0) is 23.6 Å². The molecular weight excluding hydrogens is 369 g/mol.